The van der Waals surface area contributed by atoms with E-state index in [0.29, 0.717) is 24.8 Å². The van der Waals surface area contributed by atoms with Gasteiger partial charge in [-0.2, -0.15) is 10.4 Å². The van der Waals surface area contributed by atoms with E-state index in [2.05, 4.69) is 36.7 Å². The number of hydrogen-bond acceptors (Lipinski definition) is 7. The van der Waals surface area contributed by atoms with Crippen molar-refractivity contribution < 1.29 is 4.79 Å². The van der Waals surface area contributed by atoms with Gasteiger partial charge in [-0.15, -0.1) is 0 Å². The number of nitriles is 1. The molecule has 3 heterocycles. The van der Waals surface area contributed by atoms with Gasteiger partial charge in [0.2, 0.25) is 11.9 Å². The number of carbonyl (C=O) groups excluding carboxylic acids is 1. The zero-order valence-electron chi connectivity index (χ0n) is 20.4. The van der Waals surface area contributed by atoms with Gasteiger partial charge in [0.15, 0.2) is 0 Å². The molecule has 0 bridgehead atoms. The molecule has 2 N–H and O–H groups in total. The van der Waals surface area contributed by atoms with Crippen molar-refractivity contribution in [3.05, 3.63) is 48.9 Å². The topological polar surface area (TPSA) is 112 Å². The molecule has 36 heavy (non-hydrogen) atoms. The van der Waals surface area contributed by atoms with Crippen LogP contribution in [0.3, 0.4) is 0 Å². The van der Waals surface area contributed by atoms with E-state index in [4.69, 9.17) is 0 Å². The molecule has 5 rings (SSSR count). The first-order chi connectivity index (χ1) is 17.7. The van der Waals surface area contributed by atoms with E-state index in [1.807, 2.05) is 47.4 Å². The van der Waals surface area contributed by atoms with Crippen molar-refractivity contribution >= 4 is 23.2 Å². The van der Waals surface area contributed by atoms with Gasteiger partial charge in [0.25, 0.3) is 0 Å². The number of nitrogens with zero attached hydrogens (tertiary/aromatic N) is 6. The second-order valence-electron chi connectivity index (χ2n) is 9.69. The van der Waals surface area contributed by atoms with Crippen LogP contribution in [0.25, 0.3) is 11.3 Å². The average molecular weight is 485 g/mol. The summed E-state index contributed by atoms with van der Waals surface area (Å²) in [5.41, 5.74) is 3.18. The monoisotopic (exact) mass is 484 g/mol. The molecular formula is C27H32N8O. The van der Waals surface area contributed by atoms with Crippen molar-refractivity contribution in [2.45, 2.75) is 51.0 Å². The van der Waals surface area contributed by atoms with Gasteiger partial charge in [0, 0.05) is 29.3 Å². The Hall–Kier alpha value is -3.77. The maximum Gasteiger partial charge on any atom is 0.238 e. The van der Waals surface area contributed by atoms with Crippen molar-refractivity contribution in [2.24, 2.45) is 5.92 Å². The normalized spacial score (nSPS) is 17.1. The van der Waals surface area contributed by atoms with Crippen LogP contribution in [0.4, 0.5) is 17.3 Å². The predicted molar refractivity (Wildman–Crippen MR) is 139 cm³/mol. The van der Waals surface area contributed by atoms with Gasteiger partial charge < -0.3 is 10.6 Å². The van der Waals surface area contributed by atoms with Crippen LogP contribution in [0.15, 0.2) is 48.9 Å². The second-order valence-corrected chi connectivity index (χ2v) is 9.69. The lowest BCUT2D eigenvalue weighted by Gasteiger charge is -2.21. The zero-order chi connectivity index (χ0) is 24.7. The molecule has 3 aromatic rings. The summed E-state index contributed by atoms with van der Waals surface area (Å²) in [5, 5.41) is 20.2. The van der Waals surface area contributed by atoms with E-state index in [1.165, 1.54) is 12.8 Å². The number of amides is 1. The van der Waals surface area contributed by atoms with E-state index in [1.54, 1.807) is 6.20 Å². The third kappa shape index (κ3) is 5.89. The van der Waals surface area contributed by atoms with Crippen LogP contribution in [0.2, 0.25) is 0 Å². The van der Waals surface area contributed by atoms with Crippen LogP contribution in [-0.2, 0) is 4.79 Å². The van der Waals surface area contributed by atoms with Gasteiger partial charge in [-0.05, 0) is 69.0 Å². The minimum atomic E-state index is -0.00313. The fourth-order valence-electron chi connectivity index (χ4n) is 5.29. The number of benzene rings is 1. The van der Waals surface area contributed by atoms with E-state index in [-0.39, 0.29) is 11.9 Å². The number of rotatable bonds is 9. The van der Waals surface area contributed by atoms with Gasteiger partial charge in [0.05, 0.1) is 37.0 Å². The maximum atomic E-state index is 12.4. The molecule has 1 unspecified atom stereocenters. The lowest BCUT2D eigenvalue weighted by molar-refractivity contribution is -0.117. The molecule has 2 fully saturated rings. The Morgan fingerprint density at radius 2 is 1.94 bits per heavy atom. The van der Waals surface area contributed by atoms with Gasteiger partial charge in [-0.3, -0.25) is 14.4 Å². The Morgan fingerprint density at radius 1 is 1.14 bits per heavy atom. The Kier molecular flexibility index (Phi) is 7.52. The molecule has 1 aliphatic carbocycles. The summed E-state index contributed by atoms with van der Waals surface area (Å²) < 4.78 is 1.94. The van der Waals surface area contributed by atoms with Gasteiger partial charge in [0.1, 0.15) is 0 Å². The highest BCUT2D eigenvalue weighted by molar-refractivity contribution is 5.92. The summed E-state index contributed by atoms with van der Waals surface area (Å²) in [6, 6.07) is 11.9. The molecule has 1 aromatic carbocycles. The molecule has 1 amide bonds. The second kappa shape index (κ2) is 11.3. The van der Waals surface area contributed by atoms with E-state index in [0.717, 1.165) is 61.4 Å². The average Bonchev–Trinajstić information content (AvgIpc) is 3.66. The van der Waals surface area contributed by atoms with Crippen molar-refractivity contribution in [2.75, 3.05) is 30.3 Å². The third-order valence-electron chi connectivity index (χ3n) is 7.11. The first-order valence-electron chi connectivity index (χ1n) is 12.8. The summed E-state index contributed by atoms with van der Waals surface area (Å²) in [6.45, 7) is 2.40. The fourth-order valence-corrected chi connectivity index (χ4v) is 5.29. The highest BCUT2D eigenvalue weighted by Crippen LogP contribution is 2.36. The molecule has 0 spiro atoms. The predicted octanol–water partition coefficient (Wildman–Crippen LogP) is 4.76. The standard InChI is InChI=1S/C27H32N8O/c28-12-10-25(20-6-1-2-7-20)35-18-21(17-30-35)24-11-13-29-27(33-24)32-23-9-5-8-22(16-23)31-26(36)19-34-14-3-4-15-34/h5,8-9,11,13,16-18,20,25H,1-4,6-7,10,14-15,19H2,(H,31,36)(H,29,32,33). The quantitative estimate of drug-likeness (QED) is 0.450. The molecule has 2 aliphatic rings. The lowest BCUT2D eigenvalue weighted by Crippen LogP contribution is -2.30. The Balaban J connectivity index is 1.25. The van der Waals surface area contributed by atoms with Crippen molar-refractivity contribution in [3.63, 3.8) is 0 Å². The van der Waals surface area contributed by atoms with Gasteiger partial charge >= 0.3 is 0 Å². The smallest absolute Gasteiger partial charge is 0.238 e. The number of aromatic nitrogens is 4. The number of likely N-dealkylation sites (tertiary alicyclic amines) is 1. The first kappa shape index (κ1) is 23.9. The Bertz CT molecular complexity index is 1220. The van der Waals surface area contributed by atoms with Crippen molar-refractivity contribution in [1.82, 2.24) is 24.6 Å². The molecule has 186 valence electrons. The van der Waals surface area contributed by atoms with Crippen LogP contribution >= 0.6 is 0 Å². The van der Waals surface area contributed by atoms with Crippen LogP contribution in [0.5, 0.6) is 0 Å². The largest absolute Gasteiger partial charge is 0.325 e. The third-order valence-corrected chi connectivity index (χ3v) is 7.11. The van der Waals surface area contributed by atoms with E-state index < -0.39 is 0 Å². The molecule has 0 radical (unpaired) electrons. The lowest BCUT2D eigenvalue weighted by atomic mass is 9.96. The summed E-state index contributed by atoms with van der Waals surface area (Å²) in [5.74, 6) is 0.963. The minimum absolute atomic E-state index is 0.00313. The highest BCUT2D eigenvalue weighted by atomic mass is 16.2. The summed E-state index contributed by atoms with van der Waals surface area (Å²) in [7, 11) is 0. The Labute approximate surface area is 211 Å². The molecular weight excluding hydrogens is 452 g/mol. The highest BCUT2D eigenvalue weighted by Gasteiger charge is 2.27. The molecule has 1 saturated heterocycles. The maximum absolute atomic E-state index is 12.4. The molecule has 1 aliphatic heterocycles. The Morgan fingerprint density at radius 3 is 2.75 bits per heavy atom. The van der Waals surface area contributed by atoms with Crippen LogP contribution < -0.4 is 10.6 Å². The number of nitrogens with one attached hydrogen (secondary N) is 2. The zero-order valence-corrected chi connectivity index (χ0v) is 20.4. The summed E-state index contributed by atoms with van der Waals surface area (Å²) >= 11 is 0. The number of carbonyl (C=O) groups is 1. The van der Waals surface area contributed by atoms with Gasteiger partial charge in [-0.1, -0.05) is 18.9 Å². The van der Waals surface area contributed by atoms with Crippen LogP contribution in [0, 0.1) is 17.2 Å². The molecule has 9 heteroatoms. The molecule has 2 aromatic heterocycles. The van der Waals surface area contributed by atoms with E-state index in [9.17, 15) is 10.1 Å². The van der Waals surface area contributed by atoms with E-state index >= 15 is 0 Å². The molecule has 1 saturated carbocycles. The summed E-state index contributed by atoms with van der Waals surface area (Å²) in [6.07, 6.45) is 13.1. The number of hydrogen-bond donors (Lipinski definition) is 2. The molecule has 1 atom stereocenters. The van der Waals surface area contributed by atoms with Crippen molar-refractivity contribution in [3.8, 4) is 17.3 Å². The summed E-state index contributed by atoms with van der Waals surface area (Å²) in [4.78, 5) is 23.6. The fraction of sp³-hybridized carbons (Fsp3) is 0.444. The van der Waals surface area contributed by atoms with Crippen molar-refractivity contribution in [1.29, 1.82) is 5.26 Å². The number of anilines is 3. The van der Waals surface area contributed by atoms with Crippen LogP contribution in [-0.4, -0.2) is 50.2 Å². The van der Waals surface area contributed by atoms with Crippen LogP contribution in [0.1, 0.15) is 51.0 Å². The van der Waals surface area contributed by atoms with Gasteiger partial charge in [-0.25, -0.2) is 9.97 Å². The molecule has 9 nitrogen and oxygen atoms in total. The first-order valence-corrected chi connectivity index (χ1v) is 12.8. The minimum Gasteiger partial charge on any atom is -0.325 e. The SMILES string of the molecule is N#CCC(C1CCCC1)n1cc(-c2ccnc(Nc3cccc(NC(=O)CN4CCCC4)c3)n2)cn1.